The van der Waals surface area contributed by atoms with E-state index in [9.17, 15) is 4.57 Å². The van der Waals surface area contributed by atoms with Crippen molar-refractivity contribution in [2.75, 3.05) is 12.3 Å². The van der Waals surface area contributed by atoms with Gasteiger partial charge < -0.3 is 4.57 Å². The molecule has 0 spiro atoms. The van der Waals surface area contributed by atoms with Crippen molar-refractivity contribution in [3.8, 4) is 0 Å². The largest absolute Gasteiger partial charge is 0.318 e. The SMILES string of the molecule is CCCC[P@@](=O)(C/C=C/c1ccccc1)c1ccccc1. The molecule has 0 fully saturated rings. The third-order valence-electron chi connectivity index (χ3n) is 3.61. The molecule has 0 saturated heterocycles. The van der Waals surface area contributed by atoms with Crippen LogP contribution in [-0.4, -0.2) is 12.3 Å². The smallest absolute Gasteiger partial charge is 0.119 e. The van der Waals surface area contributed by atoms with Crippen molar-refractivity contribution >= 4 is 18.5 Å². The lowest BCUT2D eigenvalue weighted by Crippen LogP contribution is -2.09. The Labute approximate surface area is 128 Å². The van der Waals surface area contributed by atoms with E-state index in [0.717, 1.165) is 29.9 Å². The molecular formula is C19H23OP. The zero-order valence-corrected chi connectivity index (χ0v) is 13.5. The second-order valence-electron chi connectivity index (χ2n) is 5.30. The van der Waals surface area contributed by atoms with Crippen LogP contribution >= 0.6 is 7.14 Å². The van der Waals surface area contributed by atoms with E-state index in [1.165, 1.54) is 0 Å². The van der Waals surface area contributed by atoms with Gasteiger partial charge in [0.15, 0.2) is 0 Å². The number of unbranched alkanes of at least 4 members (excludes halogenated alkanes) is 1. The maximum atomic E-state index is 13.3. The lowest BCUT2D eigenvalue weighted by atomic mass is 10.2. The predicted molar refractivity (Wildman–Crippen MR) is 93.8 cm³/mol. The van der Waals surface area contributed by atoms with Crippen molar-refractivity contribution in [2.24, 2.45) is 0 Å². The maximum Gasteiger partial charge on any atom is 0.119 e. The van der Waals surface area contributed by atoms with E-state index in [1.807, 2.05) is 48.5 Å². The zero-order valence-electron chi connectivity index (χ0n) is 12.6. The van der Waals surface area contributed by atoms with Crippen molar-refractivity contribution < 1.29 is 4.57 Å². The van der Waals surface area contributed by atoms with Crippen molar-refractivity contribution in [3.05, 3.63) is 72.3 Å². The van der Waals surface area contributed by atoms with Gasteiger partial charge in [0.05, 0.1) is 0 Å². The van der Waals surface area contributed by atoms with Crippen molar-refractivity contribution in [1.29, 1.82) is 0 Å². The zero-order chi connectivity index (χ0) is 15.0. The molecule has 0 bridgehead atoms. The summed E-state index contributed by atoms with van der Waals surface area (Å²) >= 11 is 0. The fourth-order valence-corrected chi connectivity index (χ4v) is 5.00. The highest BCUT2D eigenvalue weighted by Gasteiger charge is 2.22. The van der Waals surface area contributed by atoms with Gasteiger partial charge in [-0.3, -0.25) is 0 Å². The standard InChI is InChI=1S/C19H23OP/c1-2-3-16-21(20,19-14-8-5-9-15-19)17-10-13-18-11-6-4-7-12-18/h4-15H,2-3,16-17H2,1H3/b13-10+/t21-/m1/s1. The molecule has 0 heterocycles. The lowest BCUT2D eigenvalue weighted by Gasteiger charge is -2.16. The monoisotopic (exact) mass is 298 g/mol. The average molecular weight is 298 g/mol. The molecule has 0 aromatic heterocycles. The molecule has 0 N–H and O–H groups in total. The Kier molecular flexibility index (Phi) is 6.02. The Morgan fingerprint density at radius 1 is 0.952 bits per heavy atom. The number of hydrogen-bond acceptors (Lipinski definition) is 1. The highest BCUT2D eigenvalue weighted by atomic mass is 31.2. The molecule has 0 saturated carbocycles. The summed E-state index contributed by atoms with van der Waals surface area (Å²) in [5.41, 5.74) is 1.16. The minimum atomic E-state index is -2.31. The lowest BCUT2D eigenvalue weighted by molar-refractivity contribution is 0.581. The molecule has 2 rings (SSSR count). The fourth-order valence-electron chi connectivity index (χ4n) is 2.36. The van der Waals surface area contributed by atoms with Gasteiger partial charge in [0.25, 0.3) is 0 Å². The topological polar surface area (TPSA) is 17.1 Å². The first-order valence-electron chi connectivity index (χ1n) is 7.60. The van der Waals surface area contributed by atoms with Gasteiger partial charge in [0.1, 0.15) is 7.14 Å². The minimum Gasteiger partial charge on any atom is -0.318 e. The molecule has 0 radical (unpaired) electrons. The van der Waals surface area contributed by atoms with Gasteiger partial charge >= 0.3 is 0 Å². The first-order valence-corrected chi connectivity index (χ1v) is 9.67. The Bertz CT molecular complexity index is 602. The molecule has 2 aromatic carbocycles. The van der Waals surface area contributed by atoms with E-state index in [-0.39, 0.29) is 0 Å². The van der Waals surface area contributed by atoms with Crippen LogP contribution in [0.1, 0.15) is 25.3 Å². The molecule has 0 aliphatic rings. The second kappa shape index (κ2) is 8.00. The van der Waals surface area contributed by atoms with Crippen LogP contribution in [-0.2, 0) is 4.57 Å². The molecule has 110 valence electrons. The van der Waals surface area contributed by atoms with Crippen molar-refractivity contribution in [3.63, 3.8) is 0 Å². The molecule has 2 heteroatoms. The summed E-state index contributed by atoms with van der Waals surface area (Å²) < 4.78 is 13.3. The number of rotatable bonds is 7. The van der Waals surface area contributed by atoms with Crippen LogP contribution in [0.4, 0.5) is 0 Å². The summed E-state index contributed by atoms with van der Waals surface area (Å²) in [5, 5.41) is 1.01. The molecule has 21 heavy (non-hydrogen) atoms. The van der Waals surface area contributed by atoms with Crippen LogP contribution in [0.15, 0.2) is 66.7 Å². The van der Waals surface area contributed by atoms with Gasteiger partial charge in [-0.2, -0.15) is 0 Å². The number of hydrogen-bond donors (Lipinski definition) is 0. The summed E-state index contributed by atoms with van der Waals surface area (Å²) in [5.74, 6) is 0. The van der Waals surface area contributed by atoms with E-state index in [1.54, 1.807) is 0 Å². The molecule has 1 atom stereocenters. The first-order chi connectivity index (χ1) is 10.2. The summed E-state index contributed by atoms with van der Waals surface area (Å²) in [7, 11) is -2.31. The van der Waals surface area contributed by atoms with Crippen LogP contribution in [0.5, 0.6) is 0 Å². The Morgan fingerprint density at radius 3 is 2.19 bits per heavy atom. The predicted octanol–water partition coefficient (Wildman–Crippen LogP) is 5.19. The summed E-state index contributed by atoms with van der Waals surface area (Å²) in [6.07, 6.45) is 7.68. The van der Waals surface area contributed by atoms with Gasteiger partial charge in [-0.05, 0) is 12.0 Å². The summed E-state index contributed by atoms with van der Waals surface area (Å²) in [6.45, 7) is 2.15. The molecule has 0 aliphatic carbocycles. The van der Waals surface area contributed by atoms with Gasteiger partial charge in [0, 0.05) is 17.6 Å². The third kappa shape index (κ3) is 4.72. The molecule has 0 aliphatic heterocycles. The highest BCUT2D eigenvalue weighted by molar-refractivity contribution is 7.71. The molecule has 0 unspecified atom stereocenters. The van der Waals surface area contributed by atoms with E-state index in [4.69, 9.17) is 0 Å². The Hall–Kier alpha value is -1.59. The molecule has 2 aromatic rings. The molecular weight excluding hydrogens is 275 g/mol. The van der Waals surface area contributed by atoms with E-state index >= 15 is 0 Å². The van der Waals surface area contributed by atoms with Crippen LogP contribution in [0.25, 0.3) is 6.08 Å². The summed E-state index contributed by atoms with van der Waals surface area (Å²) in [4.78, 5) is 0. The van der Waals surface area contributed by atoms with Gasteiger partial charge in [0.2, 0.25) is 0 Å². The maximum absolute atomic E-state index is 13.3. The molecule has 0 amide bonds. The second-order valence-corrected chi connectivity index (χ2v) is 8.41. The normalized spacial score (nSPS) is 14.1. The van der Waals surface area contributed by atoms with Crippen LogP contribution in [0.2, 0.25) is 0 Å². The molecule has 1 nitrogen and oxygen atoms in total. The third-order valence-corrected chi connectivity index (χ3v) is 6.69. The van der Waals surface area contributed by atoms with Crippen LogP contribution in [0, 0.1) is 0 Å². The summed E-state index contributed by atoms with van der Waals surface area (Å²) in [6, 6.07) is 20.1. The average Bonchev–Trinajstić information content (AvgIpc) is 2.55. The van der Waals surface area contributed by atoms with E-state index in [0.29, 0.717) is 6.16 Å². The van der Waals surface area contributed by atoms with Gasteiger partial charge in [-0.1, -0.05) is 86.2 Å². The van der Waals surface area contributed by atoms with Crippen LogP contribution in [0.3, 0.4) is 0 Å². The van der Waals surface area contributed by atoms with Crippen molar-refractivity contribution in [1.82, 2.24) is 0 Å². The highest BCUT2D eigenvalue weighted by Crippen LogP contribution is 2.45. The number of benzene rings is 2. The van der Waals surface area contributed by atoms with Gasteiger partial charge in [-0.15, -0.1) is 0 Å². The Morgan fingerprint density at radius 2 is 1.57 bits per heavy atom. The number of allylic oxidation sites excluding steroid dienone is 1. The first kappa shape index (κ1) is 15.8. The van der Waals surface area contributed by atoms with Gasteiger partial charge in [-0.25, -0.2) is 0 Å². The fraction of sp³-hybridized carbons (Fsp3) is 0.263. The quantitative estimate of drug-likeness (QED) is 0.643. The van der Waals surface area contributed by atoms with Crippen LogP contribution < -0.4 is 5.30 Å². The van der Waals surface area contributed by atoms with E-state index < -0.39 is 7.14 Å². The van der Waals surface area contributed by atoms with E-state index in [2.05, 4.69) is 31.2 Å². The Balaban J connectivity index is 2.14. The minimum absolute atomic E-state index is 0.645. The van der Waals surface area contributed by atoms with Crippen molar-refractivity contribution in [2.45, 2.75) is 19.8 Å².